The van der Waals surface area contributed by atoms with Crippen LogP contribution in [-0.4, -0.2) is 29.6 Å². The van der Waals surface area contributed by atoms with Crippen LogP contribution in [0.4, 0.5) is 5.69 Å². The van der Waals surface area contributed by atoms with E-state index in [1.54, 1.807) is 6.08 Å². The van der Waals surface area contributed by atoms with Crippen LogP contribution in [0.3, 0.4) is 0 Å². The SMILES string of the molecule is OC1=CC=CN(c2ccc(CN3CCCC3)cc2)C1. The Balaban J connectivity index is 1.65. The Hall–Kier alpha value is -1.74. The zero-order valence-corrected chi connectivity index (χ0v) is 11.1. The van der Waals surface area contributed by atoms with Crippen LogP contribution in [0.25, 0.3) is 0 Å². The van der Waals surface area contributed by atoms with Crippen LogP contribution in [0.2, 0.25) is 0 Å². The summed E-state index contributed by atoms with van der Waals surface area (Å²) in [4.78, 5) is 4.55. The molecule has 19 heavy (non-hydrogen) atoms. The van der Waals surface area contributed by atoms with Crippen molar-refractivity contribution in [3.8, 4) is 0 Å². The van der Waals surface area contributed by atoms with Crippen LogP contribution in [0.5, 0.6) is 0 Å². The van der Waals surface area contributed by atoms with Gasteiger partial charge in [-0.1, -0.05) is 12.1 Å². The average molecular weight is 256 g/mol. The molecule has 3 heteroatoms. The summed E-state index contributed by atoms with van der Waals surface area (Å²) >= 11 is 0. The van der Waals surface area contributed by atoms with E-state index >= 15 is 0 Å². The lowest BCUT2D eigenvalue weighted by Gasteiger charge is -2.23. The zero-order chi connectivity index (χ0) is 13.1. The minimum Gasteiger partial charge on any atom is -0.510 e. The zero-order valence-electron chi connectivity index (χ0n) is 11.1. The van der Waals surface area contributed by atoms with Crippen LogP contribution >= 0.6 is 0 Å². The van der Waals surface area contributed by atoms with Crippen molar-refractivity contribution >= 4 is 5.69 Å². The normalized spacial score (nSPS) is 19.8. The fourth-order valence-corrected chi connectivity index (χ4v) is 2.71. The van der Waals surface area contributed by atoms with Crippen LogP contribution in [0, 0.1) is 0 Å². The maximum atomic E-state index is 9.55. The first-order chi connectivity index (χ1) is 9.31. The molecule has 0 saturated carbocycles. The molecule has 1 aromatic carbocycles. The molecule has 1 fully saturated rings. The second kappa shape index (κ2) is 5.49. The number of aliphatic hydroxyl groups is 1. The summed E-state index contributed by atoms with van der Waals surface area (Å²) in [5, 5.41) is 9.55. The second-order valence-corrected chi connectivity index (χ2v) is 5.28. The smallest absolute Gasteiger partial charge is 0.112 e. The Labute approximate surface area is 114 Å². The summed E-state index contributed by atoms with van der Waals surface area (Å²) in [6.45, 7) is 4.08. The molecule has 1 aromatic rings. The van der Waals surface area contributed by atoms with Crippen LogP contribution < -0.4 is 4.90 Å². The Morgan fingerprint density at radius 1 is 1.05 bits per heavy atom. The first-order valence-electron chi connectivity index (χ1n) is 6.95. The van der Waals surface area contributed by atoms with Crippen molar-refractivity contribution in [3.05, 3.63) is 53.9 Å². The molecule has 3 nitrogen and oxygen atoms in total. The highest BCUT2D eigenvalue weighted by molar-refractivity contribution is 5.52. The van der Waals surface area contributed by atoms with Crippen molar-refractivity contribution in [1.29, 1.82) is 0 Å². The van der Waals surface area contributed by atoms with E-state index in [2.05, 4.69) is 34.1 Å². The van der Waals surface area contributed by atoms with Gasteiger partial charge in [-0.2, -0.15) is 0 Å². The Kier molecular flexibility index (Phi) is 3.56. The minimum absolute atomic E-state index is 0.406. The molecular weight excluding hydrogens is 236 g/mol. The Bertz CT molecular complexity index is 484. The number of likely N-dealkylation sites (tertiary alicyclic amines) is 1. The van der Waals surface area contributed by atoms with E-state index < -0.39 is 0 Å². The van der Waals surface area contributed by atoms with Crippen LogP contribution in [-0.2, 0) is 6.54 Å². The molecule has 0 spiro atoms. The number of hydrogen-bond donors (Lipinski definition) is 1. The van der Waals surface area contributed by atoms with Gasteiger partial charge in [-0.05, 0) is 55.8 Å². The van der Waals surface area contributed by atoms with Gasteiger partial charge in [0.1, 0.15) is 5.76 Å². The maximum absolute atomic E-state index is 9.55. The van der Waals surface area contributed by atoms with E-state index in [0.29, 0.717) is 12.3 Å². The third-order valence-corrected chi connectivity index (χ3v) is 3.76. The number of allylic oxidation sites excluding steroid dienone is 2. The third-order valence-electron chi connectivity index (χ3n) is 3.76. The molecule has 3 rings (SSSR count). The van der Waals surface area contributed by atoms with Crippen molar-refractivity contribution in [2.24, 2.45) is 0 Å². The lowest BCUT2D eigenvalue weighted by molar-refractivity contribution is 0.331. The summed E-state index contributed by atoms with van der Waals surface area (Å²) in [5.74, 6) is 0.406. The van der Waals surface area contributed by atoms with E-state index in [9.17, 15) is 5.11 Å². The highest BCUT2D eigenvalue weighted by atomic mass is 16.3. The lowest BCUT2D eigenvalue weighted by Crippen LogP contribution is -2.21. The van der Waals surface area contributed by atoms with E-state index in [-0.39, 0.29) is 0 Å². The van der Waals surface area contributed by atoms with Gasteiger partial charge in [0.15, 0.2) is 0 Å². The first kappa shape index (κ1) is 12.3. The largest absolute Gasteiger partial charge is 0.510 e. The van der Waals surface area contributed by atoms with E-state index in [4.69, 9.17) is 0 Å². The summed E-state index contributed by atoms with van der Waals surface area (Å²) < 4.78 is 0. The molecule has 2 aliphatic rings. The molecule has 2 aliphatic heterocycles. The second-order valence-electron chi connectivity index (χ2n) is 5.28. The highest BCUT2D eigenvalue weighted by Crippen LogP contribution is 2.20. The van der Waals surface area contributed by atoms with Gasteiger partial charge in [0.05, 0.1) is 6.54 Å². The molecule has 0 unspecified atom stereocenters. The van der Waals surface area contributed by atoms with Crippen molar-refractivity contribution in [2.75, 3.05) is 24.5 Å². The summed E-state index contributed by atoms with van der Waals surface area (Å²) in [6.07, 6.45) is 8.27. The van der Waals surface area contributed by atoms with Crippen molar-refractivity contribution < 1.29 is 5.11 Å². The number of aliphatic hydroxyl groups excluding tert-OH is 1. The number of benzene rings is 1. The molecule has 100 valence electrons. The number of nitrogens with zero attached hydrogens (tertiary/aromatic N) is 2. The Morgan fingerprint density at radius 3 is 2.47 bits per heavy atom. The number of rotatable bonds is 3. The van der Waals surface area contributed by atoms with Crippen molar-refractivity contribution in [3.63, 3.8) is 0 Å². The summed E-state index contributed by atoms with van der Waals surface area (Å²) in [6, 6.07) is 8.65. The molecule has 0 bridgehead atoms. The fraction of sp³-hybridized carbons (Fsp3) is 0.375. The molecule has 1 saturated heterocycles. The number of anilines is 1. The fourth-order valence-electron chi connectivity index (χ4n) is 2.71. The number of hydrogen-bond acceptors (Lipinski definition) is 3. The third kappa shape index (κ3) is 2.99. The molecule has 0 radical (unpaired) electrons. The van der Waals surface area contributed by atoms with Crippen molar-refractivity contribution in [1.82, 2.24) is 4.90 Å². The van der Waals surface area contributed by atoms with E-state index in [0.717, 1.165) is 12.2 Å². The van der Waals surface area contributed by atoms with Gasteiger partial charge in [0, 0.05) is 18.4 Å². The van der Waals surface area contributed by atoms with Gasteiger partial charge in [0.2, 0.25) is 0 Å². The summed E-state index contributed by atoms with van der Waals surface area (Å²) in [5.41, 5.74) is 2.49. The Morgan fingerprint density at radius 2 is 1.79 bits per heavy atom. The van der Waals surface area contributed by atoms with Gasteiger partial charge in [0.25, 0.3) is 0 Å². The average Bonchev–Trinajstić information content (AvgIpc) is 2.92. The molecule has 0 aliphatic carbocycles. The predicted molar refractivity (Wildman–Crippen MR) is 78.2 cm³/mol. The van der Waals surface area contributed by atoms with Gasteiger partial charge >= 0.3 is 0 Å². The maximum Gasteiger partial charge on any atom is 0.112 e. The quantitative estimate of drug-likeness (QED) is 0.900. The predicted octanol–water partition coefficient (Wildman–Crippen LogP) is 3.06. The topological polar surface area (TPSA) is 26.7 Å². The van der Waals surface area contributed by atoms with Gasteiger partial charge in [-0.25, -0.2) is 0 Å². The standard InChI is InChI=1S/C16H20N2O/c19-16-4-3-11-18(13-16)15-7-5-14(6-8-15)12-17-9-1-2-10-17/h3-8,11,19H,1-2,9-10,12-13H2. The monoisotopic (exact) mass is 256 g/mol. The molecule has 2 heterocycles. The van der Waals surface area contributed by atoms with E-state index in [1.807, 2.05) is 12.3 Å². The molecular formula is C16H20N2O. The molecule has 0 aromatic heterocycles. The molecule has 0 amide bonds. The minimum atomic E-state index is 0.406. The summed E-state index contributed by atoms with van der Waals surface area (Å²) in [7, 11) is 0. The van der Waals surface area contributed by atoms with Crippen LogP contribution in [0.1, 0.15) is 18.4 Å². The van der Waals surface area contributed by atoms with E-state index in [1.165, 1.54) is 31.5 Å². The molecule has 1 N–H and O–H groups in total. The lowest BCUT2D eigenvalue weighted by atomic mass is 10.1. The van der Waals surface area contributed by atoms with Gasteiger partial charge in [-0.15, -0.1) is 0 Å². The van der Waals surface area contributed by atoms with Gasteiger partial charge in [-0.3, -0.25) is 4.90 Å². The van der Waals surface area contributed by atoms with Crippen molar-refractivity contribution in [2.45, 2.75) is 19.4 Å². The van der Waals surface area contributed by atoms with Gasteiger partial charge < -0.3 is 10.0 Å². The highest BCUT2D eigenvalue weighted by Gasteiger charge is 2.12. The van der Waals surface area contributed by atoms with Crippen LogP contribution in [0.15, 0.2) is 48.4 Å². The molecule has 0 atom stereocenters. The first-order valence-corrected chi connectivity index (χ1v) is 6.95.